The molecule has 0 fully saturated rings. The van der Waals surface area contributed by atoms with Gasteiger partial charge >= 0.3 is 0 Å². The highest BCUT2D eigenvalue weighted by Crippen LogP contribution is 2.27. The van der Waals surface area contributed by atoms with Crippen LogP contribution in [0.4, 0.5) is 0 Å². The van der Waals surface area contributed by atoms with E-state index in [2.05, 4.69) is 5.32 Å². The molecule has 0 unspecified atom stereocenters. The first kappa shape index (κ1) is 17.3. The summed E-state index contributed by atoms with van der Waals surface area (Å²) in [6.45, 7) is 2.52. The van der Waals surface area contributed by atoms with Crippen LogP contribution in [-0.2, 0) is 16.1 Å². The zero-order chi connectivity index (χ0) is 17.6. The Morgan fingerprint density at radius 1 is 1.12 bits per heavy atom. The molecule has 0 bridgehead atoms. The fourth-order valence-electron chi connectivity index (χ4n) is 2.58. The van der Waals surface area contributed by atoms with Crippen molar-refractivity contribution in [1.29, 1.82) is 0 Å². The van der Waals surface area contributed by atoms with Crippen LogP contribution in [0.3, 0.4) is 0 Å². The Morgan fingerprint density at radius 2 is 1.84 bits per heavy atom. The molecule has 0 saturated carbocycles. The van der Waals surface area contributed by atoms with Crippen LogP contribution in [0, 0.1) is 6.92 Å². The van der Waals surface area contributed by atoms with E-state index >= 15 is 0 Å². The molecule has 25 heavy (non-hydrogen) atoms. The van der Waals surface area contributed by atoms with E-state index in [1.165, 1.54) is 17.3 Å². The van der Waals surface area contributed by atoms with E-state index in [-0.39, 0.29) is 18.4 Å². The van der Waals surface area contributed by atoms with Crippen molar-refractivity contribution in [2.75, 3.05) is 12.3 Å². The molecular weight excluding hydrogens is 332 g/mol. The molecule has 2 amide bonds. The SMILES string of the molecule is Cc1ccc(CNC(=O)CN2C(=O)CSC=C2c2ccccc2)cc1. The van der Waals surface area contributed by atoms with Gasteiger partial charge in [0.2, 0.25) is 11.8 Å². The van der Waals surface area contributed by atoms with Gasteiger partial charge in [0.1, 0.15) is 6.54 Å². The number of carbonyl (C=O) groups excluding carboxylic acids is 2. The summed E-state index contributed by atoms with van der Waals surface area (Å²) >= 11 is 1.46. The van der Waals surface area contributed by atoms with Gasteiger partial charge in [-0.05, 0) is 23.5 Å². The van der Waals surface area contributed by atoms with Gasteiger partial charge in [0.25, 0.3) is 0 Å². The lowest BCUT2D eigenvalue weighted by Gasteiger charge is -2.28. The van der Waals surface area contributed by atoms with Crippen LogP contribution in [0.1, 0.15) is 16.7 Å². The largest absolute Gasteiger partial charge is 0.350 e. The van der Waals surface area contributed by atoms with Crippen molar-refractivity contribution in [1.82, 2.24) is 10.2 Å². The van der Waals surface area contributed by atoms with Crippen LogP contribution in [-0.4, -0.2) is 29.0 Å². The van der Waals surface area contributed by atoms with E-state index in [4.69, 9.17) is 0 Å². The number of rotatable bonds is 5. The molecule has 0 atom stereocenters. The van der Waals surface area contributed by atoms with Crippen LogP contribution in [0.2, 0.25) is 0 Å². The van der Waals surface area contributed by atoms with Gasteiger partial charge in [0, 0.05) is 6.54 Å². The summed E-state index contributed by atoms with van der Waals surface area (Å²) in [5.74, 6) is 0.154. The molecule has 1 heterocycles. The van der Waals surface area contributed by atoms with Gasteiger partial charge < -0.3 is 10.2 Å². The number of hydrogen-bond acceptors (Lipinski definition) is 3. The van der Waals surface area contributed by atoms with Crippen LogP contribution >= 0.6 is 11.8 Å². The quantitative estimate of drug-likeness (QED) is 0.899. The van der Waals surface area contributed by atoms with Crippen LogP contribution < -0.4 is 5.32 Å². The highest BCUT2D eigenvalue weighted by atomic mass is 32.2. The predicted molar refractivity (Wildman–Crippen MR) is 102 cm³/mol. The summed E-state index contributed by atoms with van der Waals surface area (Å²) in [4.78, 5) is 26.2. The molecule has 1 N–H and O–H groups in total. The molecule has 0 aromatic heterocycles. The Hall–Kier alpha value is -2.53. The number of thioether (sulfide) groups is 1. The molecule has 5 heteroatoms. The molecule has 3 rings (SSSR count). The van der Waals surface area contributed by atoms with Gasteiger partial charge in [-0.2, -0.15) is 0 Å². The lowest BCUT2D eigenvalue weighted by molar-refractivity contribution is -0.131. The fourth-order valence-corrected chi connectivity index (χ4v) is 3.38. The predicted octanol–water partition coefficient (Wildman–Crippen LogP) is 3.19. The zero-order valence-electron chi connectivity index (χ0n) is 14.1. The first-order chi connectivity index (χ1) is 12.1. The Morgan fingerprint density at radius 3 is 2.56 bits per heavy atom. The van der Waals surface area contributed by atoms with E-state index in [0.29, 0.717) is 12.3 Å². The lowest BCUT2D eigenvalue weighted by Crippen LogP contribution is -2.41. The number of benzene rings is 2. The maximum absolute atomic E-state index is 12.3. The molecule has 0 spiro atoms. The third-order valence-electron chi connectivity index (χ3n) is 3.98. The molecule has 1 aliphatic heterocycles. The Kier molecular flexibility index (Phi) is 5.56. The number of nitrogens with one attached hydrogen (secondary N) is 1. The molecule has 0 aliphatic carbocycles. The number of nitrogens with zero attached hydrogens (tertiary/aromatic N) is 1. The van der Waals surface area contributed by atoms with Crippen LogP contribution in [0.25, 0.3) is 5.70 Å². The second kappa shape index (κ2) is 8.03. The van der Waals surface area contributed by atoms with E-state index in [1.807, 2.05) is 66.9 Å². The first-order valence-electron chi connectivity index (χ1n) is 8.13. The fraction of sp³-hybridized carbons (Fsp3) is 0.200. The highest BCUT2D eigenvalue weighted by molar-refractivity contribution is 8.03. The van der Waals surface area contributed by atoms with Gasteiger partial charge in [-0.15, -0.1) is 11.8 Å². The summed E-state index contributed by atoms with van der Waals surface area (Å²) in [7, 11) is 0. The van der Waals surface area contributed by atoms with Crippen molar-refractivity contribution in [3.8, 4) is 0 Å². The topological polar surface area (TPSA) is 49.4 Å². The van der Waals surface area contributed by atoms with E-state index < -0.39 is 0 Å². The minimum atomic E-state index is -0.164. The van der Waals surface area contributed by atoms with Gasteiger partial charge in [-0.25, -0.2) is 0 Å². The van der Waals surface area contributed by atoms with Crippen molar-refractivity contribution in [2.24, 2.45) is 0 Å². The van der Waals surface area contributed by atoms with Crippen molar-refractivity contribution in [3.05, 3.63) is 76.7 Å². The monoisotopic (exact) mass is 352 g/mol. The Bertz CT molecular complexity index is 785. The molecule has 0 radical (unpaired) electrons. The Labute approximate surface area is 151 Å². The summed E-state index contributed by atoms with van der Waals surface area (Å²) < 4.78 is 0. The third kappa shape index (κ3) is 4.51. The van der Waals surface area contributed by atoms with E-state index in [0.717, 1.165) is 16.8 Å². The van der Waals surface area contributed by atoms with Crippen LogP contribution in [0.15, 0.2) is 60.0 Å². The maximum atomic E-state index is 12.3. The number of amides is 2. The summed E-state index contributed by atoms with van der Waals surface area (Å²) in [6.07, 6.45) is 0. The summed E-state index contributed by atoms with van der Waals surface area (Å²) in [6, 6.07) is 17.7. The highest BCUT2D eigenvalue weighted by Gasteiger charge is 2.25. The second-order valence-electron chi connectivity index (χ2n) is 5.92. The molecule has 128 valence electrons. The smallest absolute Gasteiger partial charge is 0.240 e. The molecule has 2 aromatic carbocycles. The van der Waals surface area contributed by atoms with Crippen molar-refractivity contribution < 1.29 is 9.59 Å². The minimum absolute atomic E-state index is 0.0337. The normalized spacial score (nSPS) is 14.2. The average molecular weight is 352 g/mol. The Balaban J connectivity index is 1.65. The van der Waals surface area contributed by atoms with Crippen molar-refractivity contribution in [2.45, 2.75) is 13.5 Å². The second-order valence-corrected chi connectivity index (χ2v) is 6.78. The van der Waals surface area contributed by atoms with E-state index in [1.54, 1.807) is 4.90 Å². The first-order valence-corrected chi connectivity index (χ1v) is 9.18. The average Bonchev–Trinajstić information content (AvgIpc) is 2.64. The van der Waals surface area contributed by atoms with Gasteiger partial charge in [0.15, 0.2) is 0 Å². The molecule has 2 aromatic rings. The summed E-state index contributed by atoms with van der Waals surface area (Å²) in [5, 5.41) is 4.84. The minimum Gasteiger partial charge on any atom is -0.350 e. The van der Waals surface area contributed by atoms with Crippen LogP contribution in [0.5, 0.6) is 0 Å². The van der Waals surface area contributed by atoms with E-state index in [9.17, 15) is 9.59 Å². The standard InChI is InChI=1S/C20H20N2O2S/c1-15-7-9-16(10-8-15)11-21-19(23)12-22-18(13-25-14-20(22)24)17-5-3-2-4-6-17/h2-10,13H,11-12,14H2,1H3,(H,21,23). The number of hydrogen-bond donors (Lipinski definition) is 1. The van der Waals surface area contributed by atoms with Gasteiger partial charge in [-0.1, -0.05) is 60.2 Å². The summed E-state index contributed by atoms with van der Waals surface area (Å²) in [5.41, 5.74) is 3.95. The van der Waals surface area contributed by atoms with Crippen molar-refractivity contribution >= 4 is 29.3 Å². The number of carbonyl (C=O) groups is 2. The van der Waals surface area contributed by atoms with Gasteiger partial charge in [-0.3, -0.25) is 9.59 Å². The van der Waals surface area contributed by atoms with Gasteiger partial charge in [0.05, 0.1) is 11.4 Å². The molecule has 4 nitrogen and oxygen atoms in total. The zero-order valence-corrected chi connectivity index (χ0v) is 14.9. The van der Waals surface area contributed by atoms with Crippen molar-refractivity contribution in [3.63, 3.8) is 0 Å². The lowest BCUT2D eigenvalue weighted by atomic mass is 10.1. The molecule has 1 aliphatic rings. The maximum Gasteiger partial charge on any atom is 0.240 e. The molecule has 0 saturated heterocycles. The number of aryl methyl sites for hydroxylation is 1. The third-order valence-corrected chi connectivity index (χ3v) is 4.78. The molecular formula is C20H20N2O2S.